The van der Waals surface area contributed by atoms with Gasteiger partial charge >= 0.3 is 0 Å². The van der Waals surface area contributed by atoms with Gasteiger partial charge in [0.2, 0.25) is 0 Å². The van der Waals surface area contributed by atoms with Gasteiger partial charge in [0, 0.05) is 47.7 Å². The first kappa shape index (κ1) is 20.6. The van der Waals surface area contributed by atoms with Crippen LogP contribution in [0.1, 0.15) is 0 Å². The lowest BCUT2D eigenvalue weighted by Gasteiger charge is -2.27. The number of hydrogen-bond donors (Lipinski definition) is 0. The Bertz CT molecular complexity index is 2050. The lowest BCUT2D eigenvalue weighted by atomic mass is 9.98. The summed E-state index contributed by atoms with van der Waals surface area (Å²) in [6.45, 7) is 0. The molecule has 0 bridgehead atoms. The molecule has 8 aromatic rings. The maximum absolute atomic E-state index is 6.71. The summed E-state index contributed by atoms with van der Waals surface area (Å²) >= 11 is 1.86. The number of rotatable bonds is 3. The Morgan fingerprint density at radius 3 is 1.86 bits per heavy atom. The van der Waals surface area contributed by atoms with E-state index < -0.39 is 0 Å². The number of nitrogens with zero attached hydrogens (tertiary/aromatic N) is 1. The Morgan fingerprint density at radius 1 is 0.486 bits per heavy atom. The molecule has 0 N–H and O–H groups in total. The molecule has 37 heavy (non-hydrogen) atoms. The van der Waals surface area contributed by atoms with Crippen LogP contribution in [0.2, 0.25) is 0 Å². The van der Waals surface area contributed by atoms with Crippen LogP contribution in [-0.2, 0) is 0 Å². The SMILES string of the molecule is c1ccc(N(c2ccccc2)c2cccc3c2c2oc4ccccc4c2c2sc4ccccc4c32)cc1. The minimum absolute atomic E-state index is 0.921. The van der Waals surface area contributed by atoms with E-state index in [2.05, 4.69) is 132 Å². The molecule has 0 atom stereocenters. The first-order valence-electron chi connectivity index (χ1n) is 12.5. The molecule has 6 aromatic carbocycles. The van der Waals surface area contributed by atoms with Crippen molar-refractivity contribution in [2.45, 2.75) is 0 Å². The first-order chi connectivity index (χ1) is 18.4. The van der Waals surface area contributed by atoms with Crippen molar-refractivity contribution in [3.8, 4) is 0 Å². The van der Waals surface area contributed by atoms with Crippen molar-refractivity contribution in [2.75, 3.05) is 4.90 Å². The van der Waals surface area contributed by atoms with Gasteiger partial charge in [-0.3, -0.25) is 0 Å². The van der Waals surface area contributed by atoms with Gasteiger partial charge in [0.25, 0.3) is 0 Å². The van der Waals surface area contributed by atoms with Crippen LogP contribution in [-0.4, -0.2) is 0 Å². The van der Waals surface area contributed by atoms with Crippen LogP contribution >= 0.6 is 11.3 Å². The van der Waals surface area contributed by atoms with Gasteiger partial charge in [-0.05, 0) is 47.9 Å². The highest BCUT2D eigenvalue weighted by Crippen LogP contribution is 2.50. The van der Waals surface area contributed by atoms with E-state index >= 15 is 0 Å². The first-order valence-corrected chi connectivity index (χ1v) is 13.3. The third-order valence-corrected chi connectivity index (χ3v) is 8.41. The van der Waals surface area contributed by atoms with Gasteiger partial charge < -0.3 is 9.32 Å². The normalized spacial score (nSPS) is 11.8. The summed E-state index contributed by atoms with van der Waals surface area (Å²) in [6.07, 6.45) is 0. The van der Waals surface area contributed by atoms with Crippen LogP contribution < -0.4 is 4.90 Å². The van der Waals surface area contributed by atoms with Gasteiger partial charge in [-0.15, -0.1) is 11.3 Å². The van der Waals surface area contributed by atoms with Crippen molar-refractivity contribution < 1.29 is 4.42 Å². The van der Waals surface area contributed by atoms with Crippen molar-refractivity contribution >= 4 is 81.3 Å². The van der Waals surface area contributed by atoms with Crippen LogP contribution in [0.25, 0.3) is 52.9 Å². The van der Waals surface area contributed by atoms with Crippen LogP contribution in [0.3, 0.4) is 0 Å². The fourth-order valence-corrected chi connectivity index (χ4v) is 6.96. The van der Waals surface area contributed by atoms with Gasteiger partial charge in [0.05, 0.1) is 5.69 Å². The number of hydrogen-bond acceptors (Lipinski definition) is 3. The van der Waals surface area contributed by atoms with Gasteiger partial charge in [-0.2, -0.15) is 0 Å². The summed E-state index contributed by atoms with van der Waals surface area (Å²) in [5.74, 6) is 0. The topological polar surface area (TPSA) is 16.4 Å². The Hall–Kier alpha value is -4.60. The highest BCUT2D eigenvalue weighted by Gasteiger charge is 2.24. The molecule has 3 heteroatoms. The van der Waals surface area contributed by atoms with E-state index in [1.165, 1.54) is 30.9 Å². The maximum Gasteiger partial charge on any atom is 0.146 e. The van der Waals surface area contributed by atoms with E-state index in [4.69, 9.17) is 4.42 Å². The molecule has 174 valence electrons. The molecular weight excluding hydrogens is 470 g/mol. The highest BCUT2D eigenvalue weighted by atomic mass is 32.1. The molecule has 0 unspecified atom stereocenters. The quantitative estimate of drug-likeness (QED) is 0.244. The Balaban J connectivity index is 1.62. The van der Waals surface area contributed by atoms with Crippen LogP contribution in [0.4, 0.5) is 17.1 Å². The average Bonchev–Trinajstić information content (AvgIpc) is 3.53. The highest BCUT2D eigenvalue weighted by molar-refractivity contribution is 7.27. The lowest BCUT2D eigenvalue weighted by Crippen LogP contribution is -2.10. The monoisotopic (exact) mass is 491 g/mol. The fourth-order valence-electron chi connectivity index (χ4n) is 5.69. The van der Waals surface area contributed by atoms with Gasteiger partial charge in [-0.1, -0.05) is 84.9 Å². The largest absolute Gasteiger partial charge is 0.455 e. The molecule has 0 aliphatic rings. The van der Waals surface area contributed by atoms with Crippen molar-refractivity contribution in [2.24, 2.45) is 0 Å². The van der Waals surface area contributed by atoms with E-state index in [1.54, 1.807) is 0 Å². The van der Waals surface area contributed by atoms with E-state index in [1.807, 2.05) is 11.3 Å². The lowest BCUT2D eigenvalue weighted by molar-refractivity contribution is 0.673. The van der Waals surface area contributed by atoms with E-state index in [9.17, 15) is 0 Å². The van der Waals surface area contributed by atoms with Crippen molar-refractivity contribution in [1.82, 2.24) is 0 Å². The number of fused-ring (bicyclic) bond motifs is 10. The second kappa shape index (κ2) is 7.95. The zero-order valence-electron chi connectivity index (χ0n) is 19.9. The molecule has 0 saturated carbocycles. The van der Waals surface area contributed by atoms with E-state index in [0.29, 0.717) is 0 Å². The zero-order valence-corrected chi connectivity index (χ0v) is 20.7. The minimum atomic E-state index is 0.921. The summed E-state index contributed by atoms with van der Waals surface area (Å²) in [4.78, 5) is 2.34. The Morgan fingerprint density at radius 2 is 1.11 bits per heavy atom. The molecule has 8 rings (SSSR count). The molecular formula is C34H21NOS. The second-order valence-electron chi connectivity index (χ2n) is 9.31. The smallest absolute Gasteiger partial charge is 0.146 e. The fraction of sp³-hybridized carbons (Fsp3) is 0. The molecule has 2 aromatic heterocycles. The van der Waals surface area contributed by atoms with Crippen molar-refractivity contribution in [3.63, 3.8) is 0 Å². The number of para-hydroxylation sites is 3. The molecule has 0 aliphatic heterocycles. The molecule has 0 aliphatic carbocycles. The predicted molar refractivity (Wildman–Crippen MR) is 159 cm³/mol. The van der Waals surface area contributed by atoms with Crippen LogP contribution in [0.5, 0.6) is 0 Å². The Labute approximate surface area is 217 Å². The standard InChI is InChI=1S/C34H21NOS/c1-3-12-22(13-4-1)35(23-14-5-2-6-15-23)27-19-11-18-26-30-25-17-8-10-21-29(25)37-34(30)32-24-16-7-9-20-28(24)36-33(32)31(26)27/h1-21H. The van der Waals surface area contributed by atoms with Crippen LogP contribution in [0.15, 0.2) is 132 Å². The van der Waals surface area contributed by atoms with Gasteiger partial charge in [-0.25, -0.2) is 0 Å². The average molecular weight is 492 g/mol. The molecule has 0 fully saturated rings. The molecule has 0 saturated heterocycles. The summed E-state index contributed by atoms with van der Waals surface area (Å²) in [5.41, 5.74) is 5.20. The van der Waals surface area contributed by atoms with Crippen molar-refractivity contribution in [3.05, 3.63) is 127 Å². The van der Waals surface area contributed by atoms with Crippen molar-refractivity contribution in [1.29, 1.82) is 0 Å². The molecule has 0 spiro atoms. The molecule has 0 amide bonds. The molecule has 2 nitrogen and oxygen atoms in total. The summed E-state index contributed by atoms with van der Waals surface area (Å²) in [7, 11) is 0. The number of thiophene rings is 1. The van der Waals surface area contributed by atoms with Crippen LogP contribution in [0, 0.1) is 0 Å². The third kappa shape index (κ3) is 2.98. The van der Waals surface area contributed by atoms with E-state index in [0.717, 1.165) is 39.0 Å². The van der Waals surface area contributed by atoms with Gasteiger partial charge in [0.15, 0.2) is 0 Å². The van der Waals surface area contributed by atoms with Gasteiger partial charge in [0.1, 0.15) is 11.2 Å². The minimum Gasteiger partial charge on any atom is -0.455 e. The summed E-state index contributed by atoms with van der Waals surface area (Å²) < 4.78 is 9.30. The second-order valence-corrected chi connectivity index (χ2v) is 10.4. The predicted octanol–water partition coefficient (Wildman–Crippen LogP) is 10.6. The summed E-state index contributed by atoms with van der Waals surface area (Å²) in [5, 5.41) is 7.32. The van der Waals surface area contributed by atoms with E-state index in [-0.39, 0.29) is 0 Å². The third-order valence-electron chi connectivity index (χ3n) is 7.23. The molecule has 2 heterocycles. The summed E-state index contributed by atoms with van der Waals surface area (Å²) in [6, 6.07) is 45.0. The number of furan rings is 1. The number of anilines is 3. The number of benzene rings is 6. The zero-order chi connectivity index (χ0) is 24.3. The maximum atomic E-state index is 6.71. The molecule has 0 radical (unpaired) electrons. The Kier molecular flexibility index (Phi) is 4.42.